The van der Waals surface area contributed by atoms with Gasteiger partial charge >= 0.3 is 0 Å². The molecule has 0 aliphatic carbocycles. The van der Waals surface area contributed by atoms with Crippen molar-refractivity contribution in [3.63, 3.8) is 0 Å². The predicted octanol–water partition coefficient (Wildman–Crippen LogP) is 3.41. The SMILES string of the molecule is COCOC(C)(C)CCCc1ccccc1. The summed E-state index contributed by atoms with van der Waals surface area (Å²) in [7, 11) is 1.65. The Kier molecular flexibility index (Phi) is 5.50. The van der Waals surface area contributed by atoms with Crippen molar-refractivity contribution in [2.75, 3.05) is 13.9 Å². The number of methoxy groups -OCH3 is 1. The van der Waals surface area contributed by atoms with Gasteiger partial charge in [0.25, 0.3) is 0 Å². The van der Waals surface area contributed by atoms with E-state index in [1.54, 1.807) is 7.11 Å². The minimum absolute atomic E-state index is 0.0925. The fraction of sp³-hybridized carbons (Fsp3) is 0.571. The third kappa shape index (κ3) is 5.29. The van der Waals surface area contributed by atoms with Crippen molar-refractivity contribution in [2.45, 2.75) is 38.7 Å². The van der Waals surface area contributed by atoms with Crippen LogP contribution in [0.15, 0.2) is 30.3 Å². The third-order valence-corrected chi connectivity index (χ3v) is 2.65. The minimum Gasteiger partial charge on any atom is -0.359 e. The van der Waals surface area contributed by atoms with Gasteiger partial charge < -0.3 is 9.47 Å². The average molecular weight is 222 g/mol. The molecule has 0 bridgehead atoms. The van der Waals surface area contributed by atoms with Crippen LogP contribution in [0.4, 0.5) is 0 Å². The number of aryl methyl sites for hydroxylation is 1. The summed E-state index contributed by atoms with van der Waals surface area (Å²) in [6.07, 6.45) is 3.30. The Morgan fingerprint density at radius 1 is 1.12 bits per heavy atom. The van der Waals surface area contributed by atoms with Gasteiger partial charge in [-0.1, -0.05) is 30.3 Å². The van der Waals surface area contributed by atoms with Crippen molar-refractivity contribution in [1.82, 2.24) is 0 Å². The molecule has 16 heavy (non-hydrogen) atoms. The van der Waals surface area contributed by atoms with Gasteiger partial charge in [-0.05, 0) is 38.7 Å². The van der Waals surface area contributed by atoms with Gasteiger partial charge in [-0.15, -0.1) is 0 Å². The van der Waals surface area contributed by atoms with Crippen molar-refractivity contribution >= 4 is 0 Å². The highest BCUT2D eigenvalue weighted by molar-refractivity contribution is 5.14. The van der Waals surface area contributed by atoms with E-state index in [1.807, 2.05) is 0 Å². The van der Waals surface area contributed by atoms with Crippen LogP contribution in [-0.2, 0) is 15.9 Å². The molecule has 2 nitrogen and oxygen atoms in total. The Hall–Kier alpha value is -0.860. The highest BCUT2D eigenvalue weighted by atomic mass is 16.7. The molecule has 0 radical (unpaired) electrons. The maximum absolute atomic E-state index is 5.59. The third-order valence-electron chi connectivity index (χ3n) is 2.65. The first-order valence-electron chi connectivity index (χ1n) is 5.81. The molecule has 0 spiro atoms. The lowest BCUT2D eigenvalue weighted by atomic mass is 9.99. The lowest BCUT2D eigenvalue weighted by molar-refractivity contribution is -0.117. The maximum atomic E-state index is 5.59. The van der Waals surface area contributed by atoms with E-state index in [2.05, 4.69) is 44.2 Å². The second-order valence-electron chi connectivity index (χ2n) is 4.65. The number of ether oxygens (including phenoxy) is 2. The molecule has 0 N–H and O–H groups in total. The van der Waals surface area contributed by atoms with Gasteiger partial charge in [0.2, 0.25) is 0 Å². The molecule has 0 saturated heterocycles. The van der Waals surface area contributed by atoms with Crippen molar-refractivity contribution < 1.29 is 9.47 Å². The monoisotopic (exact) mass is 222 g/mol. The molecule has 1 rings (SSSR count). The summed E-state index contributed by atoms with van der Waals surface area (Å²) < 4.78 is 10.5. The molecule has 0 unspecified atom stereocenters. The first-order chi connectivity index (χ1) is 7.64. The zero-order valence-corrected chi connectivity index (χ0v) is 10.5. The number of benzene rings is 1. The Balaban J connectivity index is 2.24. The van der Waals surface area contributed by atoms with Gasteiger partial charge in [-0.25, -0.2) is 0 Å². The van der Waals surface area contributed by atoms with Gasteiger partial charge in [0.1, 0.15) is 6.79 Å². The standard InChI is InChI=1S/C14H22O2/c1-14(2,16-12-15-3)11-7-10-13-8-5-4-6-9-13/h4-6,8-9H,7,10-12H2,1-3H3. The molecule has 90 valence electrons. The topological polar surface area (TPSA) is 18.5 Å². The minimum atomic E-state index is -0.0925. The molecule has 0 amide bonds. The van der Waals surface area contributed by atoms with Crippen molar-refractivity contribution in [3.8, 4) is 0 Å². The molecule has 0 fully saturated rings. The molecular formula is C14H22O2. The number of hydrogen-bond acceptors (Lipinski definition) is 2. The summed E-state index contributed by atoms with van der Waals surface area (Å²) in [5.41, 5.74) is 1.30. The highest BCUT2D eigenvalue weighted by Crippen LogP contribution is 2.18. The second-order valence-corrected chi connectivity index (χ2v) is 4.65. The van der Waals surface area contributed by atoms with E-state index in [9.17, 15) is 0 Å². The number of hydrogen-bond donors (Lipinski definition) is 0. The molecular weight excluding hydrogens is 200 g/mol. The van der Waals surface area contributed by atoms with E-state index < -0.39 is 0 Å². The summed E-state index contributed by atoms with van der Waals surface area (Å²) in [5.74, 6) is 0. The molecule has 2 heteroatoms. The van der Waals surface area contributed by atoms with Crippen LogP contribution in [0.1, 0.15) is 32.3 Å². The lowest BCUT2D eigenvalue weighted by Crippen LogP contribution is -2.25. The van der Waals surface area contributed by atoms with E-state index in [0.29, 0.717) is 6.79 Å². The Labute approximate surface area is 98.6 Å². The normalized spacial score (nSPS) is 11.7. The van der Waals surface area contributed by atoms with Gasteiger partial charge in [-0.3, -0.25) is 0 Å². The Bertz CT molecular complexity index is 280. The molecule has 0 aliphatic rings. The zero-order valence-electron chi connectivity index (χ0n) is 10.5. The van der Waals surface area contributed by atoms with Gasteiger partial charge in [0.15, 0.2) is 0 Å². The summed E-state index contributed by atoms with van der Waals surface area (Å²) in [5, 5.41) is 0. The molecule has 0 atom stereocenters. The summed E-state index contributed by atoms with van der Waals surface area (Å²) >= 11 is 0. The van der Waals surface area contributed by atoms with E-state index in [4.69, 9.17) is 9.47 Å². The van der Waals surface area contributed by atoms with Crippen LogP contribution in [0.2, 0.25) is 0 Å². The van der Waals surface area contributed by atoms with E-state index in [-0.39, 0.29) is 5.60 Å². The second kappa shape index (κ2) is 6.66. The van der Waals surface area contributed by atoms with Crippen LogP contribution in [-0.4, -0.2) is 19.5 Å². The molecule has 1 aromatic rings. The maximum Gasteiger partial charge on any atom is 0.147 e. The van der Waals surface area contributed by atoms with Crippen LogP contribution in [0.5, 0.6) is 0 Å². The Morgan fingerprint density at radius 3 is 2.44 bits per heavy atom. The van der Waals surface area contributed by atoms with Crippen LogP contribution < -0.4 is 0 Å². The Morgan fingerprint density at radius 2 is 1.81 bits per heavy atom. The molecule has 0 aromatic heterocycles. The molecule has 0 aliphatic heterocycles. The van der Waals surface area contributed by atoms with Gasteiger partial charge in [-0.2, -0.15) is 0 Å². The van der Waals surface area contributed by atoms with Crippen LogP contribution in [0.25, 0.3) is 0 Å². The van der Waals surface area contributed by atoms with Gasteiger partial charge in [0, 0.05) is 7.11 Å². The van der Waals surface area contributed by atoms with Crippen molar-refractivity contribution in [1.29, 1.82) is 0 Å². The van der Waals surface area contributed by atoms with E-state index >= 15 is 0 Å². The fourth-order valence-electron chi connectivity index (χ4n) is 1.65. The average Bonchev–Trinajstić information content (AvgIpc) is 2.28. The van der Waals surface area contributed by atoms with Crippen molar-refractivity contribution in [3.05, 3.63) is 35.9 Å². The first-order valence-corrected chi connectivity index (χ1v) is 5.81. The summed E-state index contributed by atoms with van der Waals surface area (Å²) in [6, 6.07) is 10.6. The van der Waals surface area contributed by atoms with E-state index in [1.165, 1.54) is 5.56 Å². The number of rotatable bonds is 7. The highest BCUT2D eigenvalue weighted by Gasteiger charge is 2.17. The van der Waals surface area contributed by atoms with Crippen LogP contribution >= 0.6 is 0 Å². The summed E-state index contributed by atoms with van der Waals surface area (Å²) in [4.78, 5) is 0. The molecule has 1 aromatic carbocycles. The van der Waals surface area contributed by atoms with Crippen LogP contribution in [0.3, 0.4) is 0 Å². The summed E-state index contributed by atoms with van der Waals surface area (Å²) in [6.45, 7) is 4.59. The molecule has 0 saturated carbocycles. The van der Waals surface area contributed by atoms with Crippen molar-refractivity contribution in [2.24, 2.45) is 0 Å². The van der Waals surface area contributed by atoms with E-state index in [0.717, 1.165) is 19.3 Å². The lowest BCUT2D eigenvalue weighted by Gasteiger charge is -2.24. The predicted molar refractivity (Wildman–Crippen MR) is 66.4 cm³/mol. The quantitative estimate of drug-likeness (QED) is 0.658. The van der Waals surface area contributed by atoms with Crippen LogP contribution in [0, 0.1) is 0 Å². The first kappa shape index (κ1) is 13.2. The zero-order chi connectivity index (χ0) is 11.9. The fourth-order valence-corrected chi connectivity index (χ4v) is 1.65. The smallest absolute Gasteiger partial charge is 0.147 e. The molecule has 0 heterocycles. The van der Waals surface area contributed by atoms with Gasteiger partial charge in [0.05, 0.1) is 5.60 Å². The largest absolute Gasteiger partial charge is 0.359 e.